The molecule has 2 aliphatic heterocycles. The van der Waals surface area contributed by atoms with E-state index in [0.29, 0.717) is 51.3 Å². The first-order valence-corrected chi connectivity index (χ1v) is 13.6. The van der Waals surface area contributed by atoms with Gasteiger partial charge >= 0.3 is 160 Å². The second-order valence-electron chi connectivity index (χ2n) is 8.04. The molecule has 2 fully saturated rings. The van der Waals surface area contributed by atoms with Crippen LogP contribution in [0.5, 0.6) is 0 Å². The summed E-state index contributed by atoms with van der Waals surface area (Å²) in [6, 6.07) is 12.1. The number of hydrogen-bond acceptors (Lipinski definition) is 4. The zero-order valence-electron chi connectivity index (χ0n) is 15.1. The standard InChI is InChI=1S/C21H23NO3SSe/c23-21-18-8-6-15(26(24,25)11-16-12-27-16)9-14(18)10-22-20-17-4-2-1-3-13(17)5-7-19(20)21/h1-5,7,14-16,18,22H,6,8-12H2. The molecular formula is C21H23NO3SSe. The third-order valence-electron chi connectivity index (χ3n) is 6.34. The summed E-state index contributed by atoms with van der Waals surface area (Å²) in [6.45, 7) is 0.677. The molecule has 6 heteroatoms. The van der Waals surface area contributed by atoms with Gasteiger partial charge in [-0.2, -0.15) is 0 Å². The quantitative estimate of drug-likeness (QED) is 0.730. The summed E-state index contributed by atoms with van der Waals surface area (Å²) in [5, 5.41) is 6.56. The average Bonchev–Trinajstić information content (AvgIpc) is 3.49. The Hall–Kier alpha value is -1.36. The molecule has 1 saturated heterocycles. The van der Waals surface area contributed by atoms with Crippen molar-refractivity contribution < 1.29 is 13.2 Å². The molecule has 0 bridgehead atoms. The molecule has 2 heterocycles. The molecular weight excluding hydrogens is 425 g/mol. The Balaban J connectivity index is 1.44. The van der Waals surface area contributed by atoms with Gasteiger partial charge < -0.3 is 0 Å². The molecule has 1 N–H and O–H groups in total. The van der Waals surface area contributed by atoms with Crippen LogP contribution in [0.3, 0.4) is 0 Å². The summed E-state index contributed by atoms with van der Waals surface area (Å²) in [6.07, 6.45) is 1.95. The van der Waals surface area contributed by atoms with Crippen LogP contribution < -0.4 is 5.32 Å². The van der Waals surface area contributed by atoms with E-state index < -0.39 is 9.84 Å². The Morgan fingerprint density at radius 3 is 2.74 bits per heavy atom. The Bertz CT molecular complexity index is 1020. The van der Waals surface area contributed by atoms with E-state index in [-0.39, 0.29) is 22.9 Å². The van der Waals surface area contributed by atoms with Crippen LogP contribution in [0.2, 0.25) is 10.1 Å². The fraction of sp³-hybridized carbons (Fsp3) is 0.476. The topological polar surface area (TPSA) is 63.2 Å². The molecule has 2 aromatic rings. The number of Topliss-reactive ketones (excluding diaryl/α,β-unsaturated/α-hetero) is 1. The Morgan fingerprint density at radius 2 is 1.93 bits per heavy atom. The van der Waals surface area contributed by atoms with Gasteiger partial charge in [-0.15, -0.1) is 0 Å². The summed E-state index contributed by atoms with van der Waals surface area (Å²) in [7, 11) is -3.03. The van der Waals surface area contributed by atoms with Crippen LogP contribution >= 0.6 is 0 Å². The summed E-state index contributed by atoms with van der Waals surface area (Å²) >= 11 is 0.548. The molecule has 142 valence electrons. The van der Waals surface area contributed by atoms with E-state index in [1.807, 2.05) is 30.3 Å². The van der Waals surface area contributed by atoms with Crippen molar-refractivity contribution in [2.75, 3.05) is 17.6 Å². The molecule has 1 saturated carbocycles. The predicted molar refractivity (Wildman–Crippen MR) is 109 cm³/mol. The first kappa shape index (κ1) is 17.7. The Kier molecular flexibility index (Phi) is 4.34. The summed E-state index contributed by atoms with van der Waals surface area (Å²) in [4.78, 5) is 13.7. The first-order chi connectivity index (χ1) is 13.0. The minimum absolute atomic E-state index is 0.0588. The maximum absolute atomic E-state index is 13.3. The number of nitrogens with one attached hydrogen (secondary N) is 1. The van der Waals surface area contributed by atoms with Crippen molar-refractivity contribution in [1.82, 2.24) is 0 Å². The number of sulfone groups is 1. The van der Waals surface area contributed by atoms with Crippen molar-refractivity contribution in [1.29, 1.82) is 0 Å². The molecule has 0 spiro atoms. The number of benzene rings is 2. The molecule has 0 radical (unpaired) electrons. The number of fused-ring (bicyclic) bond motifs is 4. The van der Waals surface area contributed by atoms with Gasteiger partial charge in [0.15, 0.2) is 0 Å². The van der Waals surface area contributed by atoms with Gasteiger partial charge in [0, 0.05) is 0 Å². The van der Waals surface area contributed by atoms with Crippen LogP contribution in [-0.4, -0.2) is 46.7 Å². The normalized spacial score (nSPS) is 30.1. The van der Waals surface area contributed by atoms with Crippen molar-refractivity contribution >= 4 is 47.0 Å². The van der Waals surface area contributed by atoms with Gasteiger partial charge in [-0.05, 0) is 0 Å². The number of carbonyl (C=O) groups excluding carboxylic acids is 1. The van der Waals surface area contributed by atoms with Crippen molar-refractivity contribution in [3.05, 3.63) is 42.0 Å². The Morgan fingerprint density at radius 1 is 1.11 bits per heavy atom. The average molecular weight is 448 g/mol. The van der Waals surface area contributed by atoms with E-state index in [1.165, 1.54) is 0 Å². The third kappa shape index (κ3) is 3.22. The Labute approximate surface area is 166 Å². The van der Waals surface area contributed by atoms with Crippen LogP contribution in [0.1, 0.15) is 29.6 Å². The number of ketones is 1. The summed E-state index contributed by atoms with van der Waals surface area (Å²) in [5.74, 6) is 0.604. The van der Waals surface area contributed by atoms with Gasteiger partial charge in [0.2, 0.25) is 0 Å². The van der Waals surface area contributed by atoms with Crippen LogP contribution in [0, 0.1) is 11.8 Å². The number of rotatable bonds is 3. The van der Waals surface area contributed by atoms with Gasteiger partial charge in [0.1, 0.15) is 0 Å². The minimum atomic E-state index is -3.03. The first-order valence-electron chi connectivity index (χ1n) is 9.66. The second-order valence-corrected chi connectivity index (χ2v) is 13.2. The van der Waals surface area contributed by atoms with E-state index in [0.717, 1.165) is 27.3 Å². The van der Waals surface area contributed by atoms with Crippen LogP contribution in [0.15, 0.2) is 36.4 Å². The van der Waals surface area contributed by atoms with Crippen molar-refractivity contribution in [3.8, 4) is 0 Å². The third-order valence-corrected chi connectivity index (χ3v) is 11.2. The summed E-state index contributed by atoms with van der Waals surface area (Å²) in [5.41, 5.74) is 1.69. The fourth-order valence-corrected chi connectivity index (χ4v) is 9.49. The zero-order valence-corrected chi connectivity index (χ0v) is 17.6. The molecule has 0 amide bonds. The van der Waals surface area contributed by atoms with E-state index >= 15 is 0 Å². The van der Waals surface area contributed by atoms with Crippen molar-refractivity contribution in [2.24, 2.45) is 11.8 Å². The number of carbonyl (C=O) groups is 1. The van der Waals surface area contributed by atoms with Crippen LogP contribution in [-0.2, 0) is 9.84 Å². The predicted octanol–water partition coefficient (Wildman–Crippen LogP) is 3.57. The van der Waals surface area contributed by atoms with Crippen molar-refractivity contribution in [2.45, 2.75) is 34.6 Å². The van der Waals surface area contributed by atoms with E-state index in [1.54, 1.807) is 0 Å². The van der Waals surface area contributed by atoms with Gasteiger partial charge in [-0.3, -0.25) is 0 Å². The zero-order chi connectivity index (χ0) is 18.6. The number of anilines is 1. The molecule has 4 unspecified atom stereocenters. The van der Waals surface area contributed by atoms with Gasteiger partial charge in [-0.1, -0.05) is 6.07 Å². The van der Waals surface area contributed by atoms with E-state index in [4.69, 9.17) is 0 Å². The summed E-state index contributed by atoms with van der Waals surface area (Å²) < 4.78 is 25.6. The molecule has 3 aliphatic rings. The van der Waals surface area contributed by atoms with Crippen molar-refractivity contribution in [3.63, 3.8) is 0 Å². The van der Waals surface area contributed by atoms with Crippen LogP contribution in [0.4, 0.5) is 5.69 Å². The van der Waals surface area contributed by atoms with Gasteiger partial charge in [0.05, 0.1) is 0 Å². The van der Waals surface area contributed by atoms with Gasteiger partial charge in [-0.25, -0.2) is 0 Å². The van der Waals surface area contributed by atoms with E-state index in [2.05, 4.69) is 11.4 Å². The van der Waals surface area contributed by atoms with Gasteiger partial charge in [0.25, 0.3) is 0 Å². The SMILES string of the molecule is O=C1c2ccc3ccccc3c2NCC2CC(S(=O)(=O)CC3C[Se]3)CCC12. The molecule has 0 aromatic heterocycles. The molecule has 1 aliphatic carbocycles. The fourth-order valence-electron chi connectivity index (χ4n) is 4.78. The monoisotopic (exact) mass is 449 g/mol. The second kappa shape index (κ2) is 6.61. The molecule has 27 heavy (non-hydrogen) atoms. The van der Waals surface area contributed by atoms with Crippen LogP contribution in [0.25, 0.3) is 10.8 Å². The molecule has 4 atom stereocenters. The molecule has 4 nitrogen and oxygen atoms in total. The number of hydrogen-bond donors (Lipinski definition) is 1. The maximum atomic E-state index is 13.3. The van der Waals surface area contributed by atoms with E-state index in [9.17, 15) is 13.2 Å². The molecule has 5 rings (SSSR count). The molecule has 2 aromatic carbocycles.